The SMILES string of the molecule is CC1(C)CCC2(C(=O)O)C(O)CC3(C)C(=CCC4C5(C)CCC(O)C(C)(O)C5CCC43C)C2C1. The van der Waals surface area contributed by atoms with Crippen LogP contribution in [0.15, 0.2) is 11.6 Å². The number of hydrogen-bond acceptors (Lipinski definition) is 4. The fourth-order valence-electron chi connectivity index (χ4n) is 10.4. The standard InChI is InChI=1S/C29H46O5/c1-24(2)13-14-29(23(32)33)18(15-24)17-7-8-19-25(3)11-10-21(30)28(6,34)20(25)9-12-26(19,4)27(17,5)16-22(29)31/h7,18-22,30-31,34H,8-16H2,1-6H3,(H,32,33). The van der Waals surface area contributed by atoms with Gasteiger partial charge >= 0.3 is 5.97 Å². The molecule has 0 spiro atoms. The van der Waals surface area contributed by atoms with Crippen molar-refractivity contribution in [3.8, 4) is 0 Å². The second kappa shape index (κ2) is 7.10. The minimum Gasteiger partial charge on any atom is -0.481 e. The first-order valence-electron chi connectivity index (χ1n) is 13.6. The maximum Gasteiger partial charge on any atom is 0.312 e. The lowest BCUT2D eigenvalue weighted by Crippen LogP contribution is -2.68. The van der Waals surface area contributed by atoms with E-state index in [1.807, 2.05) is 6.92 Å². The van der Waals surface area contributed by atoms with Crippen LogP contribution in [0.1, 0.15) is 99.3 Å². The lowest BCUT2D eigenvalue weighted by Gasteiger charge is -2.71. The van der Waals surface area contributed by atoms with Gasteiger partial charge in [-0.3, -0.25) is 4.79 Å². The molecule has 5 aliphatic carbocycles. The molecule has 0 amide bonds. The summed E-state index contributed by atoms with van der Waals surface area (Å²) < 4.78 is 0. The highest BCUT2D eigenvalue weighted by molar-refractivity contribution is 5.77. The molecule has 0 aliphatic heterocycles. The minimum absolute atomic E-state index is 0.0422. The summed E-state index contributed by atoms with van der Waals surface area (Å²) in [6.45, 7) is 13.3. The molecule has 5 nitrogen and oxygen atoms in total. The predicted octanol–water partition coefficient (Wildman–Crippen LogP) is 4.93. The number of hydrogen-bond donors (Lipinski definition) is 4. The molecule has 5 heteroatoms. The zero-order valence-electron chi connectivity index (χ0n) is 22.0. The quantitative estimate of drug-likeness (QED) is 0.404. The zero-order valence-corrected chi connectivity index (χ0v) is 22.0. The van der Waals surface area contributed by atoms with Crippen LogP contribution in [0.25, 0.3) is 0 Å². The summed E-state index contributed by atoms with van der Waals surface area (Å²) in [5, 5.41) is 44.1. The fourth-order valence-corrected chi connectivity index (χ4v) is 10.4. The molecule has 4 N–H and O–H groups in total. The Morgan fingerprint density at radius 3 is 2.21 bits per heavy atom. The molecule has 0 bridgehead atoms. The normalized spacial score (nSPS) is 56.3. The molecular weight excluding hydrogens is 428 g/mol. The highest BCUT2D eigenvalue weighted by atomic mass is 16.4. The van der Waals surface area contributed by atoms with E-state index in [-0.39, 0.29) is 33.5 Å². The van der Waals surface area contributed by atoms with E-state index in [1.54, 1.807) is 0 Å². The van der Waals surface area contributed by atoms with Crippen LogP contribution in [0.5, 0.6) is 0 Å². The Hall–Kier alpha value is -0.910. The second-order valence-corrected chi connectivity index (χ2v) is 14.6. The van der Waals surface area contributed by atoms with Crippen molar-refractivity contribution in [2.45, 2.75) is 117 Å². The molecule has 10 atom stereocenters. The zero-order chi connectivity index (χ0) is 25.1. The van der Waals surface area contributed by atoms with Crippen LogP contribution in [0.4, 0.5) is 0 Å². The van der Waals surface area contributed by atoms with Crippen LogP contribution in [0.3, 0.4) is 0 Å². The number of aliphatic carboxylic acids is 1. The molecule has 0 aromatic rings. The van der Waals surface area contributed by atoms with E-state index in [4.69, 9.17) is 0 Å². The van der Waals surface area contributed by atoms with Gasteiger partial charge in [-0.05, 0) is 104 Å². The summed E-state index contributed by atoms with van der Waals surface area (Å²) in [6.07, 6.45) is 7.68. The number of rotatable bonds is 1. The summed E-state index contributed by atoms with van der Waals surface area (Å²) in [5.74, 6) is -0.598. The van der Waals surface area contributed by atoms with Gasteiger partial charge in [0.05, 0.1) is 17.8 Å². The van der Waals surface area contributed by atoms with Gasteiger partial charge in [0, 0.05) is 0 Å². The van der Waals surface area contributed by atoms with Gasteiger partial charge in [-0.2, -0.15) is 0 Å². The topological polar surface area (TPSA) is 98.0 Å². The number of carboxylic acids is 1. The van der Waals surface area contributed by atoms with Gasteiger partial charge in [-0.1, -0.05) is 46.3 Å². The van der Waals surface area contributed by atoms with E-state index in [9.17, 15) is 25.2 Å². The summed E-state index contributed by atoms with van der Waals surface area (Å²) in [7, 11) is 0. The maximum atomic E-state index is 12.8. The van der Waals surface area contributed by atoms with Crippen LogP contribution < -0.4 is 0 Å². The summed E-state index contributed by atoms with van der Waals surface area (Å²) >= 11 is 0. The summed E-state index contributed by atoms with van der Waals surface area (Å²) in [4.78, 5) is 12.8. The van der Waals surface area contributed by atoms with Crippen molar-refractivity contribution >= 4 is 5.97 Å². The van der Waals surface area contributed by atoms with Crippen LogP contribution in [0.2, 0.25) is 0 Å². The van der Waals surface area contributed by atoms with Crippen molar-refractivity contribution in [1.82, 2.24) is 0 Å². The molecule has 0 heterocycles. The van der Waals surface area contributed by atoms with Gasteiger partial charge in [-0.15, -0.1) is 0 Å². The third-order valence-electron chi connectivity index (χ3n) is 12.7. The number of carboxylic acid groups (broad SMARTS) is 1. The largest absolute Gasteiger partial charge is 0.481 e. The van der Waals surface area contributed by atoms with Crippen LogP contribution in [-0.4, -0.2) is 44.2 Å². The Balaban J connectivity index is 1.63. The molecular formula is C29H46O5. The monoisotopic (exact) mass is 474 g/mol. The van der Waals surface area contributed by atoms with Crippen molar-refractivity contribution in [3.05, 3.63) is 11.6 Å². The Kier molecular flexibility index (Phi) is 5.17. The van der Waals surface area contributed by atoms with Crippen molar-refractivity contribution in [3.63, 3.8) is 0 Å². The minimum atomic E-state index is -1.09. The number of carbonyl (C=O) groups is 1. The van der Waals surface area contributed by atoms with Crippen molar-refractivity contribution < 1.29 is 25.2 Å². The smallest absolute Gasteiger partial charge is 0.312 e. The Morgan fingerprint density at radius 1 is 0.882 bits per heavy atom. The van der Waals surface area contributed by atoms with E-state index < -0.39 is 29.2 Å². The molecule has 5 rings (SSSR count). The highest BCUT2D eigenvalue weighted by Gasteiger charge is 2.71. The number of allylic oxidation sites excluding steroid dienone is 2. The molecule has 0 aromatic carbocycles. The molecule has 4 fully saturated rings. The summed E-state index contributed by atoms with van der Waals surface area (Å²) in [6, 6.07) is 0. The Bertz CT molecular complexity index is 921. The highest BCUT2D eigenvalue weighted by Crippen LogP contribution is 2.75. The molecule has 4 saturated carbocycles. The number of fused-ring (bicyclic) bond motifs is 7. The molecule has 0 aromatic heterocycles. The van der Waals surface area contributed by atoms with E-state index in [1.165, 1.54) is 5.57 Å². The third-order valence-corrected chi connectivity index (χ3v) is 12.7. The van der Waals surface area contributed by atoms with Gasteiger partial charge in [0.15, 0.2) is 0 Å². The lowest BCUT2D eigenvalue weighted by molar-refractivity contribution is -0.240. The van der Waals surface area contributed by atoms with Gasteiger partial charge < -0.3 is 20.4 Å². The average molecular weight is 475 g/mol. The van der Waals surface area contributed by atoms with Crippen molar-refractivity contribution in [2.75, 3.05) is 0 Å². The van der Waals surface area contributed by atoms with Crippen LogP contribution in [-0.2, 0) is 4.79 Å². The van der Waals surface area contributed by atoms with Crippen LogP contribution >= 0.6 is 0 Å². The first kappa shape index (κ1) is 24.8. The van der Waals surface area contributed by atoms with E-state index in [0.29, 0.717) is 25.2 Å². The van der Waals surface area contributed by atoms with E-state index >= 15 is 0 Å². The summed E-state index contributed by atoms with van der Waals surface area (Å²) in [5.41, 5.74) is -1.28. The Morgan fingerprint density at radius 2 is 1.56 bits per heavy atom. The van der Waals surface area contributed by atoms with Crippen molar-refractivity contribution in [2.24, 2.45) is 44.8 Å². The first-order chi connectivity index (χ1) is 15.6. The molecule has 192 valence electrons. The van der Waals surface area contributed by atoms with Crippen LogP contribution in [0, 0.1) is 44.8 Å². The third kappa shape index (κ3) is 2.81. The number of aliphatic hydroxyl groups excluding tert-OH is 2. The lowest BCUT2D eigenvalue weighted by atomic mass is 9.34. The Labute approximate surface area is 205 Å². The maximum absolute atomic E-state index is 12.8. The van der Waals surface area contributed by atoms with E-state index in [0.717, 1.165) is 38.5 Å². The molecule has 0 radical (unpaired) electrons. The van der Waals surface area contributed by atoms with Crippen molar-refractivity contribution in [1.29, 1.82) is 0 Å². The molecule has 0 saturated heterocycles. The fraction of sp³-hybridized carbons (Fsp3) is 0.897. The molecule has 5 aliphatic rings. The predicted molar refractivity (Wildman–Crippen MR) is 131 cm³/mol. The van der Waals surface area contributed by atoms with Gasteiger partial charge in [0.25, 0.3) is 0 Å². The first-order valence-corrected chi connectivity index (χ1v) is 13.6. The molecule has 10 unspecified atom stereocenters. The second-order valence-electron chi connectivity index (χ2n) is 14.6. The molecule has 34 heavy (non-hydrogen) atoms. The van der Waals surface area contributed by atoms with Gasteiger partial charge in [0.1, 0.15) is 5.41 Å². The van der Waals surface area contributed by atoms with Gasteiger partial charge in [-0.25, -0.2) is 0 Å². The number of aliphatic hydroxyl groups is 3. The average Bonchev–Trinajstić information content (AvgIpc) is 2.71. The van der Waals surface area contributed by atoms with E-state index in [2.05, 4.69) is 40.7 Å². The van der Waals surface area contributed by atoms with Gasteiger partial charge in [0.2, 0.25) is 0 Å².